The second kappa shape index (κ2) is 11.2. The molecule has 2 aromatic carbocycles. The summed E-state index contributed by atoms with van der Waals surface area (Å²) in [6.07, 6.45) is 2.91. The number of piperidine rings is 1. The Morgan fingerprint density at radius 3 is 2.81 bits per heavy atom. The topological polar surface area (TPSA) is 83.8 Å². The molecule has 2 aromatic rings. The third-order valence-corrected chi connectivity index (χ3v) is 5.64. The lowest BCUT2D eigenvalue weighted by Gasteiger charge is -2.35. The number of hydrogen-bond acceptors (Lipinski definition) is 4. The van der Waals surface area contributed by atoms with Gasteiger partial charge in [-0.15, -0.1) is 0 Å². The van der Waals surface area contributed by atoms with E-state index in [1.807, 2.05) is 48.5 Å². The number of guanidine groups is 1. The fraction of sp³-hybridized carbons (Fsp3) is 0.400. The van der Waals surface area contributed by atoms with E-state index in [0.717, 1.165) is 49.6 Å². The third-order valence-electron chi connectivity index (χ3n) is 5.64. The summed E-state index contributed by atoms with van der Waals surface area (Å²) in [4.78, 5) is 20.4. The molecule has 168 valence electrons. The maximum atomic E-state index is 12.2. The number of carbonyl (C=O) groups excluding carboxylic acids is 1. The summed E-state index contributed by atoms with van der Waals surface area (Å²) in [6.45, 7) is 2.49. The van der Waals surface area contributed by atoms with Gasteiger partial charge in [-0.1, -0.05) is 24.3 Å². The second-order valence-corrected chi connectivity index (χ2v) is 8.21. The van der Waals surface area contributed by atoms with Gasteiger partial charge in [0, 0.05) is 52.4 Å². The van der Waals surface area contributed by atoms with Crippen LogP contribution in [0.3, 0.4) is 0 Å². The lowest BCUT2D eigenvalue weighted by Crippen LogP contribution is -2.51. The van der Waals surface area contributed by atoms with E-state index in [1.54, 1.807) is 26.0 Å². The number of nitriles is 1. The fourth-order valence-corrected chi connectivity index (χ4v) is 3.99. The molecule has 0 aliphatic carbocycles. The highest BCUT2D eigenvalue weighted by molar-refractivity contribution is 5.94. The molecule has 3 rings (SSSR count). The Labute approximate surface area is 190 Å². The van der Waals surface area contributed by atoms with Crippen LogP contribution in [0.5, 0.6) is 0 Å². The van der Waals surface area contributed by atoms with Crippen LogP contribution in [-0.2, 0) is 6.42 Å². The molecule has 32 heavy (non-hydrogen) atoms. The van der Waals surface area contributed by atoms with Gasteiger partial charge in [-0.25, -0.2) is 0 Å². The van der Waals surface area contributed by atoms with Crippen molar-refractivity contribution in [1.82, 2.24) is 15.5 Å². The maximum absolute atomic E-state index is 12.2. The van der Waals surface area contributed by atoms with Gasteiger partial charge in [0.15, 0.2) is 5.96 Å². The van der Waals surface area contributed by atoms with E-state index in [-0.39, 0.29) is 11.9 Å². The van der Waals surface area contributed by atoms with Crippen LogP contribution < -0.4 is 15.5 Å². The van der Waals surface area contributed by atoms with Crippen molar-refractivity contribution < 1.29 is 4.79 Å². The van der Waals surface area contributed by atoms with Crippen molar-refractivity contribution in [2.24, 2.45) is 4.99 Å². The lowest BCUT2D eigenvalue weighted by molar-refractivity contribution is 0.0827. The molecule has 0 bridgehead atoms. The van der Waals surface area contributed by atoms with Crippen molar-refractivity contribution in [2.45, 2.75) is 25.3 Å². The fourth-order valence-electron chi connectivity index (χ4n) is 3.99. The first-order valence-electron chi connectivity index (χ1n) is 11.0. The van der Waals surface area contributed by atoms with Crippen molar-refractivity contribution >= 4 is 17.6 Å². The minimum absolute atomic E-state index is 0.0112. The van der Waals surface area contributed by atoms with E-state index >= 15 is 0 Å². The van der Waals surface area contributed by atoms with Gasteiger partial charge in [0.1, 0.15) is 6.07 Å². The highest BCUT2D eigenvalue weighted by atomic mass is 16.2. The SMILES string of the molecule is CN=C(NCCc1cccc(C(=O)N(C)C)c1)NC1CCCN(c2ccccc2C#N)C1. The van der Waals surface area contributed by atoms with Crippen LogP contribution in [0.4, 0.5) is 5.69 Å². The van der Waals surface area contributed by atoms with Gasteiger partial charge in [0.25, 0.3) is 5.91 Å². The molecule has 0 saturated carbocycles. The molecule has 1 unspecified atom stereocenters. The van der Waals surface area contributed by atoms with Crippen LogP contribution in [0.2, 0.25) is 0 Å². The molecule has 1 aliphatic rings. The van der Waals surface area contributed by atoms with Gasteiger partial charge >= 0.3 is 0 Å². The van der Waals surface area contributed by atoms with Crippen LogP contribution in [0.25, 0.3) is 0 Å². The van der Waals surface area contributed by atoms with Gasteiger partial charge < -0.3 is 20.4 Å². The molecule has 7 nitrogen and oxygen atoms in total. The minimum atomic E-state index is 0.0112. The molecule has 1 aliphatic heterocycles. The van der Waals surface area contributed by atoms with Crippen LogP contribution in [0, 0.1) is 11.3 Å². The Hall–Kier alpha value is -3.53. The number of carbonyl (C=O) groups is 1. The van der Waals surface area contributed by atoms with E-state index in [0.29, 0.717) is 17.7 Å². The highest BCUT2D eigenvalue weighted by Gasteiger charge is 2.22. The summed E-state index contributed by atoms with van der Waals surface area (Å²) in [5.41, 5.74) is 3.52. The van der Waals surface area contributed by atoms with Crippen molar-refractivity contribution in [3.05, 3.63) is 65.2 Å². The van der Waals surface area contributed by atoms with E-state index in [9.17, 15) is 10.1 Å². The minimum Gasteiger partial charge on any atom is -0.368 e. The molecule has 2 N–H and O–H groups in total. The number of para-hydroxylation sites is 1. The summed E-state index contributed by atoms with van der Waals surface area (Å²) in [5, 5.41) is 16.3. The summed E-state index contributed by atoms with van der Waals surface area (Å²) in [7, 11) is 5.30. The summed E-state index contributed by atoms with van der Waals surface area (Å²) in [5.74, 6) is 0.781. The molecule has 7 heteroatoms. The normalized spacial score (nSPS) is 16.2. The van der Waals surface area contributed by atoms with Gasteiger partial charge in [0.05, 0.1) is 11.3 Å². The zero-order valence-electron chi connectivity index (χ0n) is 19.1. The monoisotopic (exact) mass is 432 g/mol. The first kappa shape index (κ1) is 23.1. The summed E-state index contributed by atoms with van der Waals surface area (Å²) < 4.78 is 0. The lowest BCUT2D eigenvalue weighted by atomic mass is 10.0. The highest BCUT2D eigenvalue weighted by Crippen LogP contribution is 2.23. The maximum Gasteiger partial charge on any atom is 0.253 e. The molecule has 1 atom stereocenters. The number of anilines is 1. The number of aliphatic imine (C=N–C) groups is 1. The molecule has 1 fully saturated rings. The number of nitrogens with one attached hydrogen (secondary N) is 2. The molecule has 1 saturated heterocycles. The average molecular weight is 433 g/mol. The Morgan fingerprint density at radius 2 is 2.06 bits per heavy atom. The number of nitrogens with zero attached hydrogens (tertiary/aromatic N) is 4. The molecule has 0 aromatic heterocycles. The predicted molar refractivity (Wildman–Crippen MR) is 129 cm³/mol. The third kappa shape index (κ3) is 6.01. The van der Waals surface area contributed by atoms with E-state index in [1.165, 1.54) is 0 Å². The number of hydrogen-bond donors (Lipinski definition) is 2. The molecule has 1 amide bonds. The first-order chi connectivity index (χ1) is 15.5. The number of amides is 1. The van der Waals surface area contributed by atoms with Crippen LogP contribution >= 0.6 is 0 Å². The Morgan fingerprint density at radius 1 is 1.25 bits per heavy atom. The number of rotatable bonds is 6. The molecule has 0 spiro atoms. The summed E-state index contributed by atoms with van der Waals surface area (Å²) >= 11 is 0. The van der Waals surface area contributed by atoms with Crippen molar-refractivity contribution in [3.63, 3.8) is 0 Å². The zero-order valence-corrected chi connectivity index (χ0v) is 19.1. The van der Waals surface area contributed by atoms with Crippen molar-refractivity contribution in [2.75, 3.05) is 45.7 Å². The van der Waals surface area contributed by atoms with Gasteiger partial charge in [0.2, 0.25) is 0 Å². The largest absolute Gasteiger partial charge is 0.368 e. The Balaban J connectivity index is 1.53. The van der Waals surface area contributed by atoms with E-state index in [2.05, 4.69) is 26.6 Å². The van der Waals surface area contributed by atoms with Crippen molar-refractivity contribution in [3.8, 4) is 6.07 Å². The first-order valence-corrected chi connectivity index (χ1v) is 11.0. The molecular formula is C25H32N6O. The quantitative estimate of drug-likeness (QED) is 0.542. The van der Waals surface area contributed by atoms with E-state index in [4.69, 9.17) is 0 Å². The predicted octanol–water partition coefficient (Wildman–Crippen LogP) is 2.64. The van der Waals surface area contributed by atoms with Crippen LogP contribution in [0.1, 0.15) is 34.3 Å². The van der Waals surface area contributed by atoms with Crippen LogP contribution in [0.15, 0.2) is 53.5 Å². The molecular weight excluding hydrogens is 400 g/mol. The van der Waals surface area contributed by atoms with Gasteiger partial charge in [-0.05, 0) is 49.1 Å². The van der Waals surface area contributed by atoms with E-state index < -0.39 is 0 Å². The number of benzene rings is 2. The Kier molecular flexibility index (Phi) is 8.09. The van der Waals surface area contributed by atoms with Crippen molar-refractivity contribution in [1.29, 1.82) is 5.26 Å². The van der Waals surface area contributed by atoms with Gasteiger partial charge in [-0.2, -0.15) is 5.26 Å². The molecule has 1 heterocycles. The second-order valence-electron chi connectivity index (χ2n) is 8.21. The van der Waals surface area contributed by atoms with Crippen LogP contribution in [-0.4, -0.2) is 63.6 Å². The Bertz CT molecular complexity index is 994. The smallest absolute Gasteiger partial charge is 0.253 e. The molecule has 0 radical (unpaired) electrons. The zero-order chi connectivity index (χ0) is 22.9. The summed E-state index contributed by atoms with van der Waals surface area (Å²) in [6, 6.07) is 18.1. The van der Waals surface area contributed by atoms with Gasteiger partial charge in [-0.3, -0.25) is 9.79 Å². The average Bonchev–Trinajstić information content (AvgIpc) is 2.83. The standard InChI is InChI=1S/C25H32N6O/c1-27-25(28-14-13-19-8-6-10-20(16-19)24(32)30(2)3)29-22-11-7-15-31(18-22)23-12-5-4-9-21(23)17-26/h4-6,8-10,12,16,22H,7,11,13-15,18H2,1-3H3,(H2,27,28,29).